The molecule has 0 spiro atoms. The summed E-state index contributed by atoms with van der Waals surface area (Å²) < 4.78 is 27.2. The Bertz CT molecular complexity index is 1000. The first-order valence-electron chi connectivity index (χ1n) is 9.06. The van der Waals surface area contributed by atoms with E-state index in [1.54, 1.807) is 12.1 Å². The van der Waals surface area contributed by atoms with Crippen LogP contribution in [0.15, 0.2) is 36.4 Å². The molecular weight excluding hydrogens is 364 g/mol. The lowest BCUT2D eigenvalue weighted by Crippen LogP contribution is -2.47. The molecule has 1 unspecified atom stereocenters. The lowest BCUT2D eigenvalue weighted by atomic mass is 10.0. The summed E-state index contributed by atoms with van der Waals surface area (Å²) in [4.78, 5) is 4.44. The van der Waals surface area contributed by atoms with E-state index in [0.717, 1.165) is 36.3 Å². The Morgan fingerprint density at radius 3 is 2.36 bits per heavy atom. The average molecular weight is 383 g/mol. The number of aromatic nitrogens is 4. The Morgan fingerprint density at radius 2 is 1.71 bits per heavy atom. The number of piperazine rings is 1. The topological polar surface area (TPSA) is 73.4 Å². The van der Waals surface area contributed by atoms with Gasteiger partial charge in [-0.05, 0) is 36.8 Å². The second-order valence-electron chi connectivity index (χ2n) is 6.75. The first-order valence-corrected chi connectivity index (χ1v) is 9.06. The highest BCUT2D eigenvalue weighted by molar-refractivity contribution is 5.46. The molecule has 4 rings (SSSR count). The zero-order valence-corrected chi connectivity index (χ0v) is 15.3. The first-order chi connectivity index (χ1) is 13.6. The van der Waals surface area contributed by atoms with Gasteiger partial charge in [0.1, 0.15) is 5.82 Å². The van der Waals surface area contributed by atoms with Gasteiger partial charge in [0.25, 0.3) is 6.43 Å². The lowest BCUT2D eigenvalue weighted by molar-refractivity contribution is 0.137. The van der Waals surface area contributed by atoms with Gasteiger partial charge in [0.15, 0.2) is 5.65 Å². The summed E-state index contributed by atoms with van der Waals surface area (Å²) in [5, 5.41) is 20.5. The van der Waals surface area contributed by atoms with Crippen molar-refractivity contribution in [1.29, 1.82) is 5.26 Å². The zero-order chi connectivity index (χ0) is 19.7. The third-order valence-corrected chi connectivity index (χ3v) is 5.18. The van der Waals surface area contributed by atoms with Crippen molar-refractivity contribution in [2.75, 3.05) is 31.1 Å². The summed E-state index contributed by atoms with van der Waals surface area (Å²) in [5.41, 5.74) is 2.13. The average Bonchev–Trinajstić information content (AvgIpc) is 3.17. The molecule has 2 aromatic heterocycles. The van der Waals surface area contributed by atoms with Gasteiger partial charge in [-0.25, -0.2) is 8.78 Å². The number of nitriles is 1. The van der Waals surface area contributed by atoms with Gasteiger partial charge in [0.05, 0.1) is 11.6 Å². The molecule has 7 nitrogen and oxygen atoms in total. The van der Waals surface area contributed by atoms with Gasteiger partial charge in [0, 0.05) is 32.2 Å². The molecule has 9 heteroatoms. The predicted octanol–water partition coefficient (Wildman–Crippen LogP) is 2.82. The van der Waals surface area contributed by atoms with Crippen LogP contribution in [0.1, 0.15) is 36.3 Å². The molecule has 1 atom stereocenters. The van der Waals surface area contributed by atoms with Crippen molar-refractivity contribution >= 4 is 11.5 Å². The van der Waals surface area contributed by atoms with E-state index in [0.29, 0.717) is 17.0 Å². The van der Waals surface area contributed by atoms with Crippen molar-refractivity contribution < 1.29 is 8.78 Å². The normalized spacial score (nSPS) is 16.5. The Hall–Kier alpha value is -3.12. The van der Waals surface area contributed by atoms with Crippen LogP contribution in [0.4, 0.5) is 14.6 Å². The minimum Gasteiger partial charge on any atom is -0.353 e. The van der Waals surface area contributed by atoms with Crippen LogP contribution >= 0.6 is 0 Å². The Balaban J connectivity index is 1.45. The van der Waals surface area contributed by atoms with Crippen molar-refractivity contribution in [3.8, 4) is 6.07 Å². The molecule has 0 radical (unpaired) electrons. The van der Waals surface area contributed by atoms with E-state index in [1.165, 1.54) is 0 Å². The molecule has 1 aliphatic heterocycles. The molecule has 3 heterocycles. The summed E-state index contributed by atoms with van der Waals surface area (Å²) >= 11 is 0. The van der Waals surface area contributed by atoms with Crippen molar-refractivity contribution in [3.05, 3.63) is 53.3 Å². The van der Waals surface area contributed by atoms with Crippen LogP contribution in [-0.4, -0.2) is 50.9 Å². The predicted molar refractivity (Wildman–Crippen MR) is 99.1 cm³/mol. The van der Waals surface area contributed by atoms with Gasteiger partial charge in [-0.1, -0.05) is 12.1 Å². The maximum atomic E-state index is 13.1. The lowest BCUT2D eigenvalue weighted by Gasteiger charge is -2.38. The van der Waals surface area contributed by atoms with Crippen LogP contribution in [0.3, 0.4) is 0 Å². The third kappa shape index (κ3) is 3.39. The summed E-state index contributed by atoms with van der Waals surface area (Å²) in [6.45, 7) is 5.28. The van der Waals surface area contributed by atoms with E-state index in [1.807, 2.05) is 24.3 Å². The van der Waals surface area contributed by atoms with Crippen LogP contribution in [0, 0.1) is 11.3 Å². The van der Waals surface area contributed by atoms with Gasteiger partial charge >= 0.3 is 0 Å². The second-order valence-corrected chi connectivity index (χ2v) is 6.75. The molecule has 0 amide bonds. The van der Waals surface area contributed by atoms with Gasteiger partial charge in [-0.3, -0.25) is 4.90 Å². The number of alkyl halides is 2. The Kier molecular flexibility index (Phi) is 4.88. The number of hydrogen-bond donors (Lipinski definition) is 0. The SMILES string of the molecule is CC(c1ccc(C#N)cc1)N1CCN(c2ccc3nnc(C(F)F)n3n2)CC1. The minimum atomic E-state index is -2.72. The molecule has 3 aromatic rings. The standard InChI is InChI=1S/C19H19F2N7/c1-13(15-4-2-14(12-22)3-5-15)26-8-10-27(11-9-26)17-7-6-16-23-24-19(18(20)21)28(16)25-17/h2-7,13,18H,8-11H2,1H3. The highest BCUT2D eigenvalue weighted by atomic mass is 19.3. The molecule has 1 aliphatic rings. The minimum absolute atomic E-state index is 0.230. The van der Waals surface area contributed by atoms with Crippen molar-refractivity contribution in [3.63, 3.8) is 0 Å². The molecule has 0 aliphatic carbocycles. The fourth-order valence-electron chi connectivity index (χ4n) is 3.49. The molecule has 0 N–H and O–H groups in total. The molecule has 144 valence electrons. The Morgan fingerprint density at radius 1 is 1.00 bits per heavy atom. The Labute approximate surface area is 160 Å². The van der Waals surface area contributed by atoms with E-state index in [4.69, 9.17) is 5.26 Å². The van der Waals surface area contributed by atoms with Crippen LogP contribution in [0.5, 0.6) is 0 Å². The van der Waals surface area contributed by atoms with Crippen LogP contribution < -0.4 is 4.90 Å². The number of benzene rings is 1. The van der Waals surface area contributed by atoms with Crippen molar-refractivity contribution in [2.24, 2.45) is 0 Å². The first kappa shape index (κ1) is 18.3. The summed E-state index contributed by atoms with van der Waals surface area (Å²) in [6, 6.07) is 13.5. The molecule has 0 bridgehead atoms. The smallest absolute Gasteiger partial charge is 0.299 e. The van der Waals surface area contributed by atoms with E-state index in [9.17, 15) is 8.78 Å². The molecular formula is C19H19F2N7. The van der Waals surface area contributed by atoms with Crippen molar-refractivity contribution in [1.82, 2.24) is 24.7 Å². The van der Waals surface area contributed by atoms with Gasteiger partial charge in [-0.15, -0.1) is 15.3 Å². The van der Waals surface area contributed by atoms with Gasteiger partial charge < -0.3 is 4.90 Å². The van der Waals surface area contributed by atoms with E-state index >= 15 is 0 Å². The maximum Gasteiger partial charge on any atom is 0.299 e. The highest BCUT2D eigenvalue weighted by Gasteiger charge is 2.24. The fourth-order valence-corrected chi connectivity index (χ4v) is 3.49. The van der Waals surface area contributed by atoms with E-state index < -0.39 is 12.2 Å². The van der Waals surface area contributed by atoms with Crippen LogP contribution in [0.25, 0.3) is 5.65 Å². The second kappa shape index (κ2) is 7.48. The number of nitrogens with zero attached hydrogens (tertiary/aromatic N) is 7. The fraction of sp³-hybridized carbons (Fsp3) is 0.368. The third-order valence-electron chi connectivity index (χ3n) is 5.18. The largest absolute Gasteiger partial charge is 0.353 e. The van der Waals surface area contributed by atoms with Crippen LogP contribution in [0.2, 0.25) is 0 Å². The molecule has 0 saturated carbocycles. The molecule has 1 saturated heterocycles. The summed E-state index contributed by atoms with van der Waals surface area (Å²) in [5.74, 6) is 0.199. The molecule has 28 heavy (non-hydrogen) atoms. The maximum absolute atomic E-state index is 13.1. The van der Waals surface area contributed by atoms with Gasteiger partial charge in [-0.2, -0.15) is 9.78 Å². The molecule has 1 fully saturated rings. The van der Waals surface area contributed by atoms with Gasteiger partial charge in [0.2, 0.25) is 5.82 Å². The number of halogens is 2. The van der Waals surface area contributed by atoms with Crippen LogP contribution in [-0.2, 0) is 0 Å². The quantitative estimate of drug-likeness (QED) is 0.690. The number of rotatable bonds is 4. The van der Waals surface area contributed by atoms with E-state index in [2.05, 4.69) is 38.1 Å². The highest BCUT2D eigenvalue weighted by Crippen LogP contribution is 2.24. The number of fused-ring (bicyclic) bond motifs is 1. The number of hydrogen-bond acceptors (Lipinski definition) is 6. The monoisotopic (exact) mass is 383 g/mol. The van der Waals surface area contributed by atoms with Crippen molar-refractivity contribution in [2.45, 2.75) is 19.4 Å². The molecule has 1 aromatic carbocycles. The number of anilines is 1. The zero-order valence-electron chi connectivity index (χ0n) is 15.3. The summed E-state index contributed by atoms with van der Waals surface area (Å²) in [7, 11) is 0. The van der Waals surface area contributed by atoms with E-state index in [-0.39, 0.29) is 6.04 Å². The summed E-state index contributed by atoms with van der Waals surface area (Å²) in [6.07, 6.45) is -2.72.